The minimum atomic E-state index is -5.68. The maximum Gasteiger partial charge on any atom is 0.422 e. The number of carbonyl (C=O) groups excluding carboxylic acids is 1. The largest absolute Gasteiger partial charge is 0.477 e. The second-order valence-electron chi connectivity index (χ2n) is 8.05. The van der Waals surface area contributed by atoms with Crippen LogP contribution in [-0.2, 0) is 17.5 Å². The van der Waals surface area contributed by atoms with Crippen LogP contribution in [0.5, 0.6) is 5.75 Å². The number of alkyl halides is 3. The molecule has 0 saturated carbocycles. The van der Waals surface area contributed by atoms with E-state index in [0.717, 1.165) is 5.56 Å². The van der Waals surface area contributed by atoms with Gasteiger partial charge in [-0.1, -0.05) is 12.1 Å². The van der Waals surface area contributed by atoms with Crippen molar-refractivity contribution in [1.29, 1.82) is 0 Å². The van der Waals surface area contributed by atoms with E-state index in [4.69, 9.17) is 0 Å². The van der Waals surface area contributed by atoms with E-state index in [1.807, 2.05) is 11.8 Å². The maximum atomic E-state index is 14.0. The lowest BCUT2D eigenvalue weighted by atomic mass is 10.1. The summed E-state index contributed by atoms with van der Waals surface area (Å²) < 4.78 is 111. The first-order valence-corrected chi connectivity index (χ1v) is 10.1. The van der Waals surface area contributed by atoms with E-state index in [9.17, 15) is 39.9 Å². The van der Waals surface area contributed by atoms with Crippen molar-refractivity contribution in [3.8, 4) is 5.75 Å². The van der Waals surface area contributed by atoms with Gasteiger partial charge in [0.15, 0.2) is 24.0 Å². The molecule has 12 heteroatoms. The average Bonchev–Trinajstić information content (AvgIpc) is 2.75. The van der Waals surface area contributed by atoms with Gasteiger partial charge in [-0.15, -0.1) is 0 Å². The Morgan fingerprint density at radius 1 is 0.912 bits per heavy atom. The van der Waals surface area contributed by atoms with Crippen molar-refractivity contribution in [2.75, 3.05) is 19.7 Å². The molecule has 1 heterocycles. The van der Waals surface area contributed by atoms with Crippen LogP contribution in [0.3, 0.4) is 0 Å². The van der Waals surface area contributed by atoms with E-state index in [0.29, 0.717) is 13.1 Å². The number of nitrogens with zero attached hydrogens (tertiary/aromatic N) is 2. The fraction of sp³-hybridized carbons (Fsp3) is 0.409. The molecule has 1 saturated heterocycles. The summed E-state index contributed by atoms with van der Waals surface area (Å²) in [5.41, 5.74) is -1.87. The van der Waals surface area contributed by atoms with E-state index < -0.39 is 59.3 Å². The SMILES string of the molecule is C[C@@H]1CN(Cc2ccc(F)cc2)[C@@H](C)CN1C(=O)COc1c(F)c(F)c(C(F)(F)F)c(F)c1F. The summed E-state index contributed by atoms with van der Waals surface area (Å²) in [5.74, 6) is -13.0. The Bertz CT molecular complexity index is 1030. The molecular formula is C22H20F8N2O2. The van der Waals surface area contributed by atoms with Crippen molar-refractivity contribution in [3.05, 3.63) is 64.5 Å². The zero-order valence-corrected chi connectivity index (χ0v) is 18.0. The molecular weight excluding hydrogens is 476 g/mol. The molecule has 2 atom stereocenters. The second-order valence-corrected chi connectivity index (χ2v) is 8.05. The highest BCUT2D eigenvalue weighted by Gasteiger charge is 2.43. The standard InChI is InChI=1S/C22H20F8N2O2/c1-11-8-32(12(2)7-31(11)9-13-3-5-14(23)6-4-13)15(33)10-34-21-19(26)17(24)16(22(28,29)30)18(25)20(21)27/h3-6,11-12H,7-10H2,1-2H3/t11-,12+/m0/s1. The molecule has 0 spiro atoms. The number of amides is 1. The molecule has 1 aliphatic heterocycles. The first-order chi connectivity index (χ1) is 15.8. The van der Waals surface area contributed by atoms with E-state index in [2.05, 4.69) is 4.74 Å². The number of hydrogen-bond acceptors (Lipinski definition) is 3. The molecule has 1 fully saturated rings. The molecule has 1 amide bonds. The Kier molecular flexibility index (Phi) is 7.39. The first-order valence-electron chi connectivity index (χ1n) is 10.1. The summed E-state index contributed by atoms with van der Waals surface area (Å²) in [7, 11) is 0. The van der Waals surface area contributed by atoms with Gasteiger partial charge in [-0.05, 0) is 31.5 Å². The van der Waals surface area contributed by atoms with Gasteiger partial charge >= 0.3 is 6.18 Å². The quantitative estimate of drug-likeness (QED) is 0.436. The summed E-state index contributed by atoms with van der Waals surface area (Å²) in [6.45, 7) is 3.50. The fourth-order valence-corrected chi connectivity index (χ4v) is 3.79. The summed E-state index contributed by atoms with van der Waals surface area (Å²) >= 11 is 0. The lowest BCUT2D eigenvalue weighted by molar-refractivity contribution is -0.143. The second kappa shape index (κ2) is 9.77. The minimum Gasteiger partial charge on any atom is -0.477 e. The normalized spacial score (nSPS) is 19.4. The van der Waals surface area contributed by atoms with Crippen molar-refractivity contribution >= 4 is 5.91 Å². The highest BCUT2D eigenvalue weighted by atomic mass is 19.4. The van der Waals surface area contributed by atoms with Crippen LogP contribution >= 0.6 is 0 Å². The van der Waals surface area contributed by atoms with Gasteiger partial charge in [0.05, 0.1) is 0 Å². The van der Waals surface area contributed by atoms with Gasteiger partial charge in [-0.2, -0.15) is 22.0 Å². The number of hydrogen-bond donors (Lipinski definition) is 0. The van der Waals surface area contributed by atoms with Crippen LogP contribution in [0.25, 0.3) is 0 Å². The van der Waals surface area contributed by atoms with Crippen molar-refractivity contribution in [1.82, 2.24) is 9.80 Å². The Balaban J connectivity index is 1.68. The Morgan fingerprint density at radius 2 is 1.47 bits per heavy atom. The lowest BCUT2D eigenvalue weighted by Gasteiger charge is -2.44. The highest BCUT2D eigenvalue weighted by Crippen LogP contribution is 2.39. The predicted octanol–water partition coefficient (Wildman–Crippen LogP) is 4.90. The lowest BCUT2D eigenvalue weighted by Crippen LogP contribution is -2.58. The van der Waals surface area contributed by atoms with Crippen LogP contribution in [0.2, 0.25) is 0 Å². The third-order valence-electron chi connectivity index (χ3n) is 5.58. The number of halogens is 8. The number of rotatable bonds is 5. The van der Waals surface area contributed by atoms with Crippen LogP contribution < -0.4 is 4.74 Å². The molecule has 186 valence electrons. The molecule has 0 aromatic heterocycles. The van der Waals surface area contributed by atoms with Crippen LogP contribution in [-0.4, -0.2) is 47.5 Å². The molecule has 4 nitrogen and oxygen atoms in total. The molecule has 0 radical (unpaired) electrons. The van der Waals surface area contributed by atoms with Crippen LogP contribution in [0, 0.1) is 29.1 Å². The average molecular weight is 496 g/mol. The van der Waals surface area contributed by atoms with Crippen molar-refractivity contribution in [2.24, 2.45) is 0 Å². The Hall–Kier alpha value is -2.89. The highest BCUT2D eigenvalue weighted by molar-refractivity contribution is 5.78. The maximum absolute atomic E-state index is 14.0. The van der Waals surface area contributed by atoms with E-state index in [-0.39, 0.29) is 18.4 Å². The smallest absolute Gasteiger partial charge is 0.422 e. The molecule has 1 aliphatic rings. The van der Waals surface area contributed by atoms with Gasteiger partial charge in [-0.25, -0.2) is 13.2 Å². The van der Waals surface area contributed by atoms with Gasteiger partial charge in [-0.3, -0.25) is 9.69 Å². The zero-order valence-electron chi connectivity index (χ0n) is 18.0. The molecule has 2 aromatic rings. The topological polar surface area (TPSA) is 32.8 Å². The number of benzene rings is 2. The van der Waals surface area contributed by atoms with E-state index >= 15 is 0 Å². The zero-order chi connectivity index (χ0) is 25.4. The monoisotopic (exact) mass is 496 g/mol. The Labute approximate surface area is 189 Å². The third-order valence-corrected chi connectivity index (χ3v) is 5.58. The molecule has 3 rings (SSSR count). The van der Waals surface area contributed by atoms with Crippen molar-refractivity contribution in [3.63, 3.8) is 0 Å². The molecule has 2 aromatic carbocycles. The summed E-state index contributed by atoms with van der Waals surface area (Å²) in [5, 5.41) is 0. The van der Waals surface area contributed by atoms with E-state index in [1.165, 1.54) is 17.0 Å². The number of ether oxygens (including phenoxy) is 1. The molecule has 34 heavy (non-hydrogen) atoms. The summed E-state index contributed by atoms with van der Waals surface area (Å²) in [6.07, 6.45) is -5.68. The summed E-state index contributed by atoms with van der Waals surface area (Å²) in [4.78, 5) is 15.9. The molecule has 0 unspecified atom stereocenters. The van der Waals surface area contributed by atoms with Crippen LogP contribution in [0.4, 0.5) is 35.1 Å². The van der Waals surface area contributed by atoms with Gasteiger partial charge in [0, 0.05) is 31.7 Å². The summed E-state index contributed by atoms with van der Waals surface area (Å²) in [6, 6.07) is 5.33. The molecule has 0 aliphatic carbocycles. The number of piperazine rings is 1. The van der Waals surface area contributed by atoms with Crippen LogP contribution in [0.15, 0.2) is 24.3 Å². The van der Waals surface area contributed by atoms with Gasteiger partial charge in [0.1, 0.15) is 11.4 Å². The van der Waals surface area contributed by atoms with Gasteiger partial charge < -0.3 is 9.64 Å². The van der Waals surface area contributed by atoms with Crippen LogP contribution in [0.1, 0.15) is 25.0 Å². The fourth-order valence-electron chi connectivity index (χ4n) is 3.79. The predicted molar refractivity (Wildman–Crippen MR) is 104 cm³/mol. The molecule has 0 N–H and O–H groups in total. The third kappa shape index (κ3) is 5.26. The minimum absolute atomic E-state index is 0.172. The van der Waals surface area contributed by atoms with Crippen molar-refractivity contribution < 1.29 is 44.7 Å². The Morgan fingerprint density at radius 3 is 2.00 bits per heavy atom. The number of carbonyl (C=O) groups is 1. The van der Waals surface area contributed by atoms with Crippen molar-refractivity contribution in [2.45, 2.75) is 38.7 Å². The molecule has 0 bridgehead atoms. The van der Waals surface area contributed by atoms with Gasteiger partial charge in [0.2, 0.25) is 11.6 Å². The van der Waals surface area contributed by atoms with E-state index in [1.54, 1.807) is 19.1 Å². The first kappa shape index (κ1) is 25.7. The van der Waals surface area contributed by atoms with Gasteiger partial charge in [0.25, 0.3) is 5.91 Å².